The number of nitrogens with zero attached hydrogens (tertiary/aromatic N) is 4. The second-order valence-corrected chi connectivity index (χ2v) is 11.4. The van der Waals surface area contributed by atoms with Gasteiger partial charge in [-0.1, -0.05) is 24.3 Å². The van der Waals surface area contributed by atoms with E-state index in [1.165, 1.54) is 6.07 Å². The topological polar surface area (TPSA) is 109 Å². The van der Waals surface area contributed by atoms with Crippen LogP contribution in [0.3, 0.4) is 0 Å². The molecule has 0 bridgehead atoms. The smallest absolute Gasteiger partial charge is 0.271 e. The summed E-state index contributed by atoms with van der Waals surface area (Å²) in [7, 11) is -3.65. The first-order valence-corrected chi connectivity index (χ1v) is 14.2. The summed E-state index contributed by atoms with van der Waals surface area (Å²) in [5.74, 6) is 0.557. The second-order valence-electron chi connectivity index (χ2n) is 8.58. The number of hydrazone groups is 1. The molecular weight excluding hydrogens is 508 g/mol. The van der Waals surface area contributed by atoms with Crippen LogP contribution in [0.5, 0.6) is 0 Å². The normalized spacial score (nSPS) is 13.8. The van der Waals surface area contributed by atoms with Crippen LogP contribution in [0.15, 0.2) is 81.4 Å². The van der Waals surface area contributed by atoms with E-state index in [1.54, 1.807) is 41.9 Å². The lowest BCUT2D eigenvalue weighted by Gasteiger charge is -2.20. The van der Waals surface area contributed by atoms with Crippen molar-refractivity contribution in [3.63, 3.8) is 0 Å². The summed E-state index contributed by atoms with van der Waals surface area (Å²) in [6, 6.07) is 19.3. The van der Waals surface area contributed by atoms with Gasteiger partial charge in [-0.15, -0.1) is 11.3 Å². The largest absolute Gasteiger partial charge is 0.356 e. The van der Waals surface area contributed by atoms with Gasteiger partial charge in [0.25, 0.3) is 15.9 Å². The number of hydrogen-bond acceptors (Lipinski definition) is 7. The molecule has 0 aliphatic carbocycles. The van der Waals surface area contributed by atoms with Crippen LogP contribution in [0.1, 0.15) is 34.5 Å². The van der Waals surface area contributed by atoms with E-state index in [4.69, 9.17) is 5.10 Å². The van der Waals surface area contributed by atoms with Gasteiger partial charge in [-0.05, 0) is 67.6 Å². The second kappa shape index (κ2) is 10.6. The molecule has 0 unspecified atom stereocenters. The Balaban J connectivity index is 1.31. The lowest BCUT2D eigenvalue weighted by atomic mass is 10.2. The van der Waals surface area contributed by atoms with Gasteiger partial charge < -0.3 is 4.90 Å². The number of aryl methyl sites for hydroxylation is 1. The fraction of sp³-hybridized carbons (Fsp3) is 0.192. The van der Waals surface area contributed by atoms with Gasteiger partial charge in [0, 0.05) is 24.3 Å². The number of aromatic nitrogens is 2. The van der Waals surface area contributed by atoms with E-state index in [1.807, 2.05) is 41.9 Å². The van der Waals surface area contributed by atoms with E-state index in [0.717, 1.165) is 60.0 Å². The third-order valence-corrected chi connectivity index (χ3v) is 8.79. The standard InChI is InChI=1S/C26H26N6O3S2/c1-19-23(26(31-15-5-6-16-31)32(29-19)22-8-3-2-4-9-22)18-27-28-25(33)20-11-13-21(14-12-20)30-37(34,35)24-10-7-17-36-24/h2-4,7-14,17-18,30H,5-6,15-16H2,1H3,(H,28,33)/b27-18+. The first-order valence-electron chi connectivity index (χ1n) is 11.8. The number of para-hydroxylation sites is 1. The number of carbonyl (C=O) groups is 1. The number of amides is 1. The average Bonchev–Trinajstić information content (AvgIpc) is 3.67. The molecule has 1 amide bonds. The Labute approximate surface area is 219 Å². The van der Waals surface area contributed by atoms with E-state index in [2.05, 4.69) is 20.1 Å². The van der Waals surface area contributed by atoms with Crippen LogP contribution in [0.4, 0.5) is 11.5 Å². The van der Waals surface area contributed by atoms with Gasteiger partial charge in [-0.3, -0.25) is 9.52 Å². The van der Waals surface area contributed by atoms with Crippen molar-refractivity contribution in [2.45, 2.75) is 24.0 Å². The average molecular weight is 535 g/mol. The highest BCUT2D eigenvalue weighted by atomic mass is 32.2. The van der Waals surface area contributed by atoms with Crippen molar-refractivity contribution < 1.29 is 13.2 Å². The zero-order chi connectivity index (χ0) is 25.8. The lowest BCUT2D eigenvalue weighted by molar-refractivity contribution is 0.0955. The van der Waals surface area contributed by atoms with Gasteiger partial charge in [-0.25, -0.2) is 18.5 Å². The van der Waals surface area contributed by atoms with Crippen LogP contribution in [0.25, 0.3) is 5.69 Å². The van der Waals surface area contributed by atoms with Gasteiger partial charge in [0.1, 0.15) is 10.0 Å². The maximum atomic E-state index is 12.7. The Kier molecular flexibility index (Phi) is 7.06. The molecule has 9 nitrogen and oxygen atoms in total. The first-order chi connectivity index (χ1) is 17.9. The van der Waals surface area contributed by atoms with Crippen molar-refractivity contribution in [3.8, 4) is 5.69 Å². The van der Waals surface area contributed by atoms with Crippen LogP contribution in [-0.4, -0.2) is 43.4 Å². The molecule has 1 saturated heterocycles. The molecule has 11 heteroatoms. The third kappa shape index (κ3) is 5.42. The molecule has 1 fully saturated rings. The predicted molar refractivity (Wildman–Crippen MR) is 146 cm³/mol. The number of nitrogens with one attached hydrogen (secondary N) is 2. The molecule has 190 valence electrons. The molecule has 5 rings (SSSR count). The molecule has 4 aromatic rings. The van der Waals surface area contributed by atoms with Gasteiger partial charge >= 0.3 is 0 Å². The Morgan fingerprint density at radius 2 is 1.76 bits per heavy atom. The maximum absolute atomic E-state index is 12.7. The third-order valence-electron chi connectivity index (χ3n) is 6.01. The molecule has 37 heavy (non-hydrogen) atoms. The maximum Gasteiger partial charge on any atom is 0.271 e. The fourth-order valence-electron chi connectivity index (χ4n) is 4.19. The molecule has 0 saturated carbocycles. The van der Waals surface area contributed by atoms with Gasteiger partial charge in [0.2, 0.25) is 0 Å². The molecule has 1 aliphatic rings. The van der Waals surface area contributed by atoms with E-state index in [0.29, 0.717) is 11.3 Å². The molecule has 3 heterocycles. The van der Waals surface area contributed by atoms with Crippen molar-refractivity contribution >= 4 is 45.0 Å². The number of rotatable bonds is 8. The van der Waals surface area contributed by atoms with Crippen molar-refractivity contribution in [1.29, 1.82) is 0 Å². The number of thiophene rings is 1. The summed E-state index contributed by atoms with van der Waals surface area (Å²) < 4.78 is 29.5. The zero-order valence-electron chi connectivity index (χ0n) is 20.2. The van der Waals surface area contributed by atoms with Crippen molar-refractivity contribution in [1.82, 2.24) is 15.2 Å². The Bertz CT molecular complexity index is 1510. The monoisotopic (exact) mass is 534 g/mol. The molecule has 1 aliphatic heterocycles. The van der Waals surface area contributed by atoms with E-state index < -0.39 is 15.9 Å². The number of anilines is 2. The summed E-state index contributed by atoms with van der Waals surface area (Å²) in [6.45, 7) is 3.81. The Hall–Kier alpha value is -3.96. The zero-order valence-corrected chi connectivity index (χ0v) is 21.8. The summed E-state index contributed by atoms with van der Waals surface area (Å²) in [5, 5.41) is 10.7. The van der Waals surface area contributed by atoms with Crippen LogP contribution >= 0.6 is 11.3 Å². The molecule has 2 aromatic carbocycles. The Morgan fingerprint density at radius 1 is 1.03 bits per heavy atom. The highest BCUT2D eigenvalue weighted by Gasteiger charge is 2.23. The SMILES string of the molecule is Cc1nn(-c2ccccc2)c(N2CCCC2)c1/C=N/NC(=O)c1ccc(NS(=O)(=O)c2cccs2)cc1. The quantitative estimate of drug-likeness (QED) is 0.257. The molecular formula is C26H26N6O3S2. The van der Waals surface area contributed by atoms with E-state index >= 15 is 0 Å². The highest BCUT2D eigenvalue weighted by Crippen LogP contribution is 2.29. The number of hydrogen-bond donors (Lipinski definition) is 2. The minimum Gasteiger partial charge on any atom is -0.356 e. The predicted octanol–water partition coefficient (Wildman–Crippen LogP) is 4.41. The van der Waals surface area contributed by atoms with Crippen LogP contribution in [0, 0.1) is 6.92 Å². The number of benzene rings is 2. The molecule has 2 N–H and O–H groups in total. The van der Waals surface area contributed by atoms with Gasteiger partial charge in [0.15, 0.2) is 0 Å². The summed E-state index contributed by atoms with van der Waals surface area (Å²) in [4.78, 5) is 15.0. The van der Waals surface area contributed by atoms with E-state index in [-0.39, 0.29) is 4.21 Å². The van der Waals surface area contributed by atoms with Crippen LogP contribution < -0.4 is 15.0 Å². The number of carbonyl (C=O) groups excluding carboxylic acids is 1. The van der Waals surface area contributed by atoms with Crippen molar-refractivity contribution in [3.05, 3.63) is 88.9 Å². The highest BCUT2D eigenvalue weighted by molar-refractivity contribution is 7.94. The summed E-state index contributed by atoms with van der Waals surface area (Å²) >= 11 is 1.13. The fourth-order valence-corrected chi connectivity index (χ4v) is 6.24. The molecule has 2 aromatic heterocycles. The molecule has 0 spiro atoms. The van der Waals surface area contributed by atoms with Crippen LogP contribution in [0.2, 0.25) is 0 Å². The lowest BCUT2D eigenvalue weighted by Crippen LogP contribution is -2.23. The minimum absolute atomic E-state index is 0.225. The van der Waals surface area contributed by atoms with Gasteiger partial charge in [-0.2, -0.15) is 10.2 Å². The minimum atomic E-state index is -3.65. The Morgan fingerprint density at radius 3 is 2.43 bits per heavy atom. The number of sulfonamides is 1. The summed E-state index contributed by atoms with van der Waals surface area (Å²) in [5.41, 5.74) is 5.92. The van der Waals surface area contributed by atoms with E-state index in [9.17, 15) is 13.2 Å². The van der Waals surface area contributed by atoms with Gasteiger partial charge in [0.05, 0.1) is 23.2 Å². The van der Waals surface area contributed by atoms with Crippen molar-refractivity contribution in [2.75, 3.05) is 22.7 Å². The summed E-state index contributed by atoms with van der Waals surface area (Å²) in [6.07, 6.45) is 3.87. The van der Waals surface area contributed by atoms with Crippen LogP contribution in [-0.2, 0) is 10.0 Å². The first kappa shape index (κ1) is 24.7. The molecule has 0 atom stereocenters. The van der Waals surface area contributed by atoms with Crippen molar-refractivity contribution in [2.24, 2.45) is 5.10 Å². The molecule has 0 radical (unpaired) electrons.